The van der Waals surface area contributed by atoms with Crippen molar-refractivity contribution in [3.8, 4) is 0 Å². The van der Waals surface area contributed by atoms with Crippen molar-refractivity contribution in [3.05, 3.63) is 48.5 Å². The standard InChI is InChI=1S/C22H27F3N4O6S3/c23-22(24,25)37(31,32)20-12-18(38(27,33)34)6-7-19(20)28-15(14-36-17-4-2-1-3-5-17)8-10-29-11-9-16(13-29)35-21(26)30/h1-7,12,15-16,28H,8-11,13-14H2,(H2,26,30)(H2,27,33,34)/t15?,16-/m1/s1. The molecule has 3 rings (SSSR count). The fourth-order valence-electron chi connectivity index (χ4n) is 3.88. The van der Waals surface area contributed by atoms with Crippen molar-refractivity contribution < 1.29 is 39.5 Å². The van der Waals surface area contributed by atoms with Gasteiger partial charge in [-0.25, -0.2) is 26.8 Å². The molecule has 2 aromatic rings. The number of halogens is 3. The molecule has 1 unspecified atom stereocenters. The average molecular weight is 597 g/mol. The molecule has 0 saturated carbocycles. The van der Waals surface area contributed by atoms with E-state index in [4.69, 9.17) is 15.6 Å². The lowest BCUT2D eigenvalue weighted by molar-refractivity contribution is -0.0435. The van der Waals surface area contributed by atoms with Crippen molar-refractivity contribution in [2.45, 2.75) is 45.2 Å². The Morgan fingerprint density at radius 3 is 2.45 bits per heavy atom. The predicted molar refractivity (Wildman–Crippen MR) is 136 cm³/mol. The van der Waals surface area contributed by atoms with Crippen LogP contribution in [-0.4, -0.2) is 70.9 Å². The molecule has 0 radical (unpaired) electrons. The SMILES string of the molecule is NC(=O)O[C@@H]1CCN(CCC(CSc2ccccc2)Nc2ccc(S(N)(=O)=O)cc2S(=O)(=O)C(F)(F)F)C1. The van der Waals surface area contributed by atoms with Gasteiger partial charge in [0, 0.05) is 36.3 Å². The van der Waals surface area contributed by atoms with Crippen molar-refractivity contribution in [3.63, 3.8) is 0 Å². The minimum absolute atomic E-state index is 0.349. The van der Waals surface area contributed by atoms with Crippen LogP contribution < -0.4 is 16.2 Å². The molecule has 5 N–H and O–H groups in total. The van der Waals surface area contributed by atoms with Gasteiger partial charge in [-0.2, -0.15) is 13.2 Å². The van der Waals surface area contributed by atoms with Gasteiger partial charge in [0.25, 0.3) is 9.84 Å². The second-order valence-corrected chi connectivity index (χ2v) is 13.1. The average Bonchev–Trinajstić information content (AvgIpc) is 3.26. The summed E-state index contributed by atoms with van der Waals surface area (Å²) >= 11 is 1.41. The molecule has 1 saturated heterocycles. The molecule has 1 heterocycles. The second kappa shape index (κ2) is 12.1. The summed E-state index contributed by atoms with van der Waals surface area (Å²) in [6, 6.07) is 11.0. The normalized spacial score (nSPS) is 17.7. The summed E-state index contributed by atoms with van der Waals surface area (Å²) in [7, 11) is -10.4. The molecule has 1 fully saturated rings. The number of carbonyl (C=O) groups is 1. The predicted octanol–water partition coefficient (Wildman–Crippen LogP) is 2.76. The van der Waals surface area contributed by atoms with Crippen LogP contribution in [0.5, 0.6) is 0 Å². The number of ether oxygens (including phenoxy) is 1. The Morgan fingerprint density at radius 1 is 1.16 bits per heavy atom. The largest absolute Gasteiger partial charge is 0.501 e. The van der Waals surface area contributed by atoms with Gasteiger partial charge in [0.2, 0.25) is 10.0 Å². The van der Waals surface area contributed by atoms with E-state index in [1.807, 2.05) is 35.2 Å². The Hall–Kier alpha value is -2.53. The maximum Gasteiger partial charge on any atom is 0.501 e. The zero-order valence-electron chi connectivity index (χ0n) is 19.9. The maximum atomic E-state index is 13.5. The van der Waals surface area contributed by atoms with Crippen molar-refractivity contribution >= 4 is 43.4 Å². The highest BCUT2D eigenvalue weighted by molar-refractivity contribution is 7.99. The lowest BCUT2D eigenvalue weighted by atomic mass is 10.2. The highest BCUT2D eigenvalue weighted by Gasteiger charge is 2.48. The molecule has 0 bridgehead atoms. The number of thioether (sulfide) groups is 1. The van der Waals surface area contributed by atoms with E-state index >= 15 is 0 Å². The van der Waals surface area contributed by atoms with Crippen LogP contribution in [0.2, 0.25) is 0 Å². The van der Waals surface area contributed by atoms with Crippen LogP contribution in [0.25, 0.3) is 0 Å². The number of hydrogen-bond acceptors (Lipinski definition) is 9. The number of sulfone groups is 1. The number of amides is 1. The monoisotopic (exact) mass is 596 g/mol. The first-order valence-corrected chi connectivity index (χ1v) is 15.3. The van der Waals surface area contributed by atoms with Gasteiger partial charge in [-0.1, -0.05) is 18.2 Å². The zero-order chi connectivity index (χ0) is 28.1. The molecular weight excluding hydrogens is 569 g/mol. The number of nitrogens with one attached hydrogen (secondary N) is 1. The highest BCUT2D eigenvalue weighted by Crippen LogP contribution is 2.36. The van der Waals surface area contributed by atoms with Crippen molar-refractivity contribution in [1.82, 2.24) is 4.90 Å². The first kappa shape index (κ1) is 30.0. The second-order valence-electron chi connectivity index (χ2n) is 8.55. The number of likely N-dealkylation sites (tertiary alicyclic amines) is 1. The van der Waals surface area contributed by atoms with Gasteiger partial charge >= 0.3 is 11.6 Å². The number of nitrogens with two attached hydrogens (primary N) is 2. The summed E-state index contributed by atoms with van der Waals surface area (Å²) in [5.74, 6) is 0.349. The Balaban J connectivity index is 1.87. The molecule has 210 valence electrons. The lowest BCUT2D eigenvalue weighted by Crippen LogP contribution is -2.33. The number of anilines is 1. The van der Waals surface area contributed by atoms with Gasteiger partial charge in [-0.15, -0.1) is 11.8 Å². The molecule has 2 atom stereocenters. The molecule has 2 aromatic carbocycles. The number of carbonyl (C=O) groups excluding carboxylic acids is 1. The van der Waals surface area contributed by atoms with Gasteiger partial charge in [-0.3, -0.25) is 4.90 Å². The van der Waals surface area contributed by atoms with E-state index in [9.17, 15) is 34.8 Å². The van der Waals surface area contributed by atoms with Gasteiger partial charge < -0.3 is 15.8 Å². The first-order chi connectivity index (χ1) is 17.7. The van der Waals surface area contributed by atoms with Crippen LogP contribution in [0.1, 0.15) is 12.8 Å². The first-order valence-electron chi connectivity index (χ1n) is 11.3. The topological polar surface area (TPSA) is 162 Å². The van der Waals surface area contributed by atoms with Crippen molar-refractivity contribution in [1.29, 1.82) is 0 Å². The van der Waals surface area contributed by atoms with Gasteiger partial charge in [0.05, 0.1) is 10.6 Å². The van der Waals surface area contributed by atoms with E-state index in [1.54, 1.807) is 0 Å². The third-order valence-corrected chi connectivity index (χ3v) is 9.35. The highest BCUT2D eigenvalue weighted by atomic mass is 32.2. The Labute approximate surface area is 222 Å². The minimum atomic E-state index is -5.91. The van der Waals surface area contributed by atoms with E-state index in [0.29, 0.717) is 44.3 Å². The summed E-state index contributed by atoms with van der Waals surface area (Å²) in [5.41, 5.74) is -0.995. The Bertz CT molecular complexity index is 1340. The number of primary amides is 1. The molecule has 1 aliphatic rings. The van der Waals surface area contributed by atoms with E-state index in [2.05, 4.69) is 5.32 Å². The molecule has 1 aliphatic heterocycles. The van der Waals surface area contributed by atoms with Crippen LogP contribution in [0.4, 0.5) is 23.7 Å². The molecule has 0 spiro atoms. The third kappa shape index (κ3) is 7.99. The Morgan fingerprint density at radius 2 is 1.84 bits per heavy atom. The number of hydrogen-bond donors (Lipinski definition) is 3. The van der Waals surface area contributed by atoms with Gasteiger partial charge in [0.15, 0.2) is 0 Å². The van der Waals surface area contributed by atoms with Crippen molar-refractivity contribution in [2.75, 3.05) is 30.7 Å². The smallest absolute Gasteiger partial charge is 0.445 e. The number of nitrogens with zero attached hydrogens (tertiary/aromatic N) is 1. The summed E-state index contributed by atoms with van der Waals surface area (Å²) < 4.78 is 93.5. The number of rotatable bonds is 11. The zero-order valence-corrected chi connectivity index (χ0v) is 22.4. The number of sulfonamides is 1. The Kier molecular flexibility index (Phi) is 9.57. The van der Waals surface area contributed by atoms with Crippen LogP contribution in [0, 0.1) is 0 Å². The van der Waals surface area contributed by atoms with Crippen LogP contribution in [-0.2, 0) is 24.6 Å². The fourth-order valence-corrected chi connectivity index (χ4v) is 6.43. The number of alkyl halides is 3. The fraction of sp³-hybridized carbons (Fsp3) is 0.409. The minimum Gasteiger partial charge on any atom is -0.445 e. The van der Waals surface area contributed by atoms with Gasteiger partial charge in [-0.05, 0) is 43.2 Å². The molecule has 16 heteroatoms. The third-order valence-electron chi connectivity index (χ3n) is 5.74. The molecule has 10 nitrogen and oxygen atoms in total. The van der Waals surface area contributed by atoms with E-state index < -0.39 is 53.0 Å². The summed E-state index contributed by atoms with van der Waals surface area (Å²) in [6.45, 7) is 1.49. The maximum absolute atomic E-state index is 13.5. The van der Waals surface area contributed by atoms with Crippen molar-refractivity contribution in [2.24, 2.45) is 10.9 Å². The summed E-state index contributed by atoms with van der Waals surface area (Å²) in [5, 5.41) is 7.90. The van der Waals surface area contributed by atoms with E-state index in [-0.39, 0.29) is 6.10 Å². The van der Waals surface area contributed by atoms with E-state index in [0.717, 1.165) is 17.0 Å². The molecule has 1 amide bonds. The van der Waals surface area contributed by atoms with E-state index in [1.165, 1.54) is 11.8 Å². The number of benzene rings is 2. The molecule has 38 heavy (non-hydrogen) atoms. The summed E-state index contributed by atoms with van der Waals surface area (Å²) in [6.07, 6.45) is -0.294. The van der Waals surface area contributed by atoms with Crippen LogP contribution in [0.3, 0.4) is 0 Å². The summed E-state index contributed by atoms with van der Waals surface area (Å²) in [4.78, 5) is 11.9. The van der Waals surface area contributed by atoms with Crippen LogP contribution >= 0.6 is 11.8 Å². The molecule has 0 aliphatic carbocycles. The van der Waals surface area contributed by atoms with Crippen LogP contribution in [0.15, 0.2) is 63.2 Å². The molecule has 0 aromatic heterocycles. The van der Waals surface area contributed by atoms with Gasteiger partial charge in [0.1, 0.15) is 11.0 Å². The quantitative estimate of drug-likeness (QED) is 0.331. The lowest BCUT2D eigenvalue weighted by Gasteiger charge is -2.25. The number of primary sulfonamides is 1. The molecular formula is C22H27F3N4O6S3.